The maximum absolute atomic E-state index is 13.3. The summed E-state index contributed by atoms with van der Waals surface area (Å²) < 4.78 is 0. The van der Waals surface area contributed by atoms with Gasteiger partial charge in [-0.05, 0) is 68.1 Å². The smallest absolute Gasteiger partial charge is 0.140 e. The van der Waals surface area contributed by atoms with Crippen molar-refractivity contribution in [1.29, 1.82) is 0 Å². The van der Waals surface area contributed by atoms with Crippen molar-refractivity contribution < 1.29 is 9.90 Å². The van der Waals surface area contributed by atoms with Crippen LogP contribution in [-0.2, 0) is 4.79 Å². The van der Waals surface area contributed by atoms with Crippen LogP contribution in [0.4, 0.5) is 0 Å². The fourth-order valence-electron chi connectivity index (χ4n) is 7.95. The lowest BCUT2D eigenvalue weighted by Crippen LogP contribution is -2.64. The molecule has 0 aromatic carbocycles. The number of carbonyl (C=O) groups is 1. The Labute approximate surface area is 127 Å². The fraction of sp³-hybridized carbons (Fsp3) is 0.947. The van der Waals surface area contributed by atoms with Crippen LogP contribution < -0.4 is 0 Å². The molecule has 116 valence electrons. The third-order valence-corrected chi connectivity index (χ3v) is 8.48. The van der Waals surface area contributed by atoms with Crippen molar-refractivity contribution in [2.45, 2.75) is 58.0 Å². The highest BCUT2D eigenvalue weighted by Crippen LogP contribution is 2.69. The lowest BCUT2D eigenvalue weighted by Gasteiger charge is -2.57. The van der Waals surface area contributed by atoms with E-state index in [2.05, 4.69) is 13.8 Å². The van der Waals surface area contributed by atoms with Crippen LogP contribution in [-0.4, -0.2) is 16.5 Å². The molecule has 8 unspecified atom stereocenters. The van der Waals surface area contributed by atoms with Crippen LogP contribution in [0.15, 0.2) is 0 Å². The zero-order valence-corrected chi connectivity index (χ0v) is 13.3. The van der Waals surface area contributed by atoms with Crippen LogP contribution in [0.2, 0.25) is 0 Å². The minimum atomic E-state index is -0.553. The predicted molar refractivity (Wildman–Crippen MR) is 80.4 cm³/mol. The van der Waals surface area contributed by atoms with Crippen LogP contribution in [0.1, 0.15) is 52.4 Å². The van der Waals surface area contributed by atoms with Crippen molar-refractivity contribution in [3.8, 4) is 0 Å². The van der Waals surface area contributed by atoms with Crippen molar-refractivity contribution in [2.24, 2.45) is 53.3 Å². The fourth-order valence-corrected chi connectivity index (χ4v) is 7.95. The van der Waals surface area contributed by atoms with Gasteiger partial charge in [0.25, 0.3) is 0 Å². The number of fused-ring (bicyclic) bond motifs is 10. The van der Waals surface area contributed by atoms with Gasteiger partial charge in [-0.2, -0.15) is 0 Å². The van der Waals surface area contributed by atoms with Gasteiger partial charge in [-0.3, -0.25) is 4.79 Å². The molecule has 2 heteroatoms. The molecule has 0 aromatic rings. The van der Waals surface area contributed by atoms with Gasteiger partial charge in [0.15, 0.2) is 0 Å². The second-order valence-corrected chi connectivity index (χ2v) is 9.21. The zero-order chi connectivity index (χ0) is 14.5. The lowest BCUT2D eigenvalue weighted by atomic mass is 9.49. The van der Waals surface area contributed by atoms with Gasteiger partial charge in [0.2, 0.25) is 0 Å². The molecule has 0 amide bonds. The van der Waals surface area contributed by atoms with Gasteiger partial charge >= 0.3 is 0 Å². The van der Waals surface area contributed by atoms with Gasteiger partial charge in [-0.25, -0.2) is 0 Å². The number of rotatable bonds is 1. The van der Waals surface area contributed by atoms with Gasteiger partial charge in [0.1, 0.15) is 5.78 Å². The lowest BCUT2D eigenvalue weighted by molar-refractivity contribution is -0.195. The normalized spacial score (nSPS) is 60.7. The summed E-state index contributed by atoms with van der Waals surface area (Å²) in [5, 5.41) is 11.9. The molecule has 4 bridgehead atoms. The standard InChI is InChI=1S/C19H28O2/c1-9(2)19(21)16-12-5-3-10(7-12)14(16)18(20)15-11-4-6-13(8-11)17(15)19/h9-17,21H,3-8H2,1-2H3. The van der Waals surface area contributed by atoms with Crippen LogP contribution in [0.3, 0.4) is 0 Å². The molecular weight excluding hydrogens is 260 g/mol. The summed E-state index contributed by atoms with van der Waals surface area (Å²) in [6.07, 6.45) is 7.48. The molecule has 5 saturated carbocycles. The van der Waals surface area contributed by atoms with Crippen LogP contribution in [0.5, 0.6) is 0 Å². The Morgan fingerprint density at radius 1 is 0.905 bits per heavy atom. The first kappa shape index (κ1) is 13.1. The quantitative estimate of drug-likeness (QED) is 0.804. The van der Waals surface area contributed by atoms with Crippen molar-refractivity contribution in [3.63, 3.8) is 0 Å². The van der Waals surface area contributed by atoms with E-state index in [0.29, 0.717) is 47.2 Å². The number of hydrogen-bond acceptors (Lipinski definition) is 2. The van der Waals surface area contributed by atoms with Crippen molar-refractivity contribution in [3.05, 3.63) is 0 Å². The third kappa shape index (κ3) is 1.33. The average molecular weight is 288 g/mol. The first-order valence-corrected chi connectivity index (χ1v) is 9.29. The molecule has 0 aromatic heterocycles. The maximum Gasteiger partial charge on any atom is 0.140 e. The summed E-state index contributed by atoms with van der Waals surface area (Å²) in [4.78, 5) is 13.3. The highest BCUT2D eigenvalue weighted by atomic mass is 16.3. The second kappa shape index (κ2) is 3.93. The molecule has 5 rings (SSSR count). The third-order valence-electron chi connectivity index (χ3n) is 8.48. The largest absolute Gasteiger partial charge is 0.389 e. The Balaban J connectivity index is 1.66. The molecule has 0 radical (unpaired) electrons. The zero-order valence-electron chi connectivity index (χ0n) is 13.3. The van der Waals surface area contributed by atoms with E-state index >= 15 is 0 Å². The van der Waals surface area contributed by atoms with E-state index in [9.17, 15) is 9.90 Å². The highest BCUT2D eigenvalue weighted by Gasteiger charge is 2.71. The van der Waals surface area contributed by atoms with E-state index in [0.717, 1.165) is 0 Å². The molecule has 5 aliphatic carbocycles. The SMILES string of the molecule is CC(C)C1(O)C2C3CCC(C3)C2C(=O)C2C3CCC(C3)C21. The molecular formula is C19H28O2. The van der Waals surface area contributed by atoms with E-state index < -0.39 is 5.60 Å². The molecule has 1 N–H and O–H groups in total. The van der Waals surface area contributed by atoms with E-state index in [-0.39, 0.29) is 11.8 Å². The van der Waals surface area contributed by atoms with E-state index in [1.807, 2.05) is 0 Å². The van der Waals surface area contributed by atoms with Crippen molar-refractivity contribution in [2.75, 3.05) is 0 Å². The summed E-state index contributed by atoms with van der Waals surface area (Å²) in [6, 6.07) is 0. The van der Waals surface area contributed by atoms with E-state index in [1.54, 1.807) is 0 Å². The maximum atomic E-state index is 13.3. The molecule has 5 fully saturated rings. The Morgan fingerprint density at radius 3 is 1.76 bits per heavy atom. The molecule has 0 heterocycles. The summed E-state index contributed by atoms with van der Waals surface area (Å²) >= 11 is 0. The van der Waals surface area contributed by atoms with Gasteiger partial charge in [-0.15, -0.1) is 0 Å². The number of carbonyl (C=O) groups excluding carboxylic acids is 1. The summed E-state index contributed by atoms with van der Waals surface area (Å²) in [5.41, 5.74) is -0.553. The number of Topliss-reactive ketones (excluding diaryl/α,β-unsaturated/α-hetero) is 1. The minimum Gasteiger partial charge on any atom is -0.389 e. The molecule has 8 atom stereocenters. The van der Waals surface area contributed by atoms with E-state index in [4.69, 9.17) is 0 Å². The summed E-state index contributed by atoms with van der Waals surface area (Å²) in [6.45, 7) is 4.42. The van der Waals surface area contributed by atoms with Crippen molar-refractivity contribution >= 4 is 5.78 Å². The molecule has 0 spiro atoms. The molecule has 0 saturated heterocycles. The number of aliphatic hydroxyl groups is 1. The summed E-state index contributed by atoms with van der Waals surface area (Å²) in [5.74, 6) is 4.41. The van der Waals surface area contributed by atoms with Crippen LogP contribution in [0, 0.1) is 53.3 Å². The van der Waals surface area contributed by atoms with Crippen molar-refractivity contribution in [1.82, 2.24) is 0 Å². The van der Waals surface area contributed by atoms with Gasteiger partial charge in [-0.1, -0.05) is 13.8 Å². The van der Waals surface area contributed by atoms with Gasteiger partial charge in [0, 0.05) is 23.7 Å². The first-order valence-electron chi connectivity index (χ1n) is 9.29. The Bertz CT molecular complexity index is 460. The van der Waals surface area contributed by atoms with Gasteiger partial charge < -0.3 is 5.11 Å². The minimum absolute atomic E-state index is 0.219. The van der Waals surface area contributed by atoms with Crippen LogP contribution >= 0.6 is 0 Å². The predicted octanol–water partition coefficient (Wildman–Crippen LogP) is 3.28. The average Bonchev–Trinajstić information content (AvgIpc) is 3.20. The monoisotopic (exact) mass is 288 g/mol. The molecule has 2 nitrogen and oxygen atoms in total. The van der Waals surface area contributed by atoms with Gasteiger partial charge in [0.05, 0.1) is 5.60 Å². The topological polar surface area (TPSA) is 37.3 Å². The molecule has 21 heavy (non-hydrogen) atoms. The Hall–Kier alpha value is -0.370. The highest BCUT2D eigenvalue weighted by molar-refractivity contribution is 5.87. The summed E-state index contributed by atoms with van der Waals surface area (Å²) in [7, 11) is 0. The first-order chi connectivity index (χ1) is 10.0. The number of hydrogen-bond donors (Lipinski definition) is 1. The van der Waals surface area contributed by atoms with E-state index in [1.165, 1.54) is 38.5 Å². The number of ketones is 1. The molecule has 5 aliphatic rings. The second-order valence-electron chi connectivity index (χ2n) is 9.21. The molecule has 0 aliphatic heterocycles. The Kier molecular flexibility index (Phi) is 2.45. The van der Waals surface area contributed by atoms with Crippen LogP contribution in [0.25, 0.3) is 0 Å². The Morgan fingerprint density at radius 2 is 1.33 bits per heavy atom.